The first-order chi connectivity index (χ1) is 8.32. The molecule has 4 nitrogen and oxygen atoms in total. The van der Waals surface area contributed by atoms with Crippen LogP contribution in [0.1, 0.15) is 24.5 Å². The Morgan fingerprint density at radius 3 is 2.44 bits per heavy atom. The summed E-state index contributed by atoms with van der Waals surface area (Å²) in [6, 6.07) is 3.75. The maximum atomic E-state index is 12.9. The van der Waals surface area contributed by atoms with E-state index in [2.05, 4.69) is 0 Å². The average molecular weight is 275 g/mol. The Morgan fingerprint density at radius 2 is 2.06 bits per heavy atom. The largest absolute Gasteiger partial charge is 0.493 e. The van der Waals surface area contributed by atoms with Crippen LogP contribution in [0, 0.1) is 11.3 Å². The first-order valence-corrected chi connectivity index (χ1v) is 6.90. The van der Waals surface area contributed by atoms with Gasteiger partial charge in [0, 0.05) is 6.26 Å². The molecule has 0 unspecified atom stereocenters. The molecule has 7 heteroatoms. The Balaban J connectivity index is 3.65. The number of hydrogen-bond donors (Lipinski definition) is 0. The molecular formula is C11H11F2NO3S. The van der Waals surface area contributed by atoms with Gasteiger partial charge in [-0.1, -0.05) is 0 Å². The fourth-order valence-electron chi connectivity index (χ4n) is 1.50. The van der Waals surface area contributed by atoms with Gasteiger partial charge in [-0.3, -0.25) is 0 Å². The lowest BCUT2D eigenvalue weighted by Crippen LogP contribution is -2.06. The van der Waals surface area contributed by atoms with Crippen molar-refractivity contribution in [3.05, 3.63) is 23.3 Å². The van der Waals surface area contributed by atoms with Gasteiger partial charge in [-0.15, -0.1) is 0 Å². The fourth-order valence-corrected chi connectivity index (χ4v) is 2.34. The number of nitrogens with zero attached hydrogens (tertiary/aromatic N) is 1. The summed E-state index contributed by atoms with van der Waals surface area (Å²) in [5.41, 5.74) is -1.24. The second-order valence-electron chi connectivity index (χ2n) is 3.47. The summed E-state index contributed by atoms with van der Waals surface area (Å²) < 4.78 is 53.7. The van der Waals surface area contributed by atoms with Gasteiger partial charge in [0.2, 0.25) is 0 Å². The number of ether oxygens (including phenoxy) is 1. The first kappa shape index (κ1) is 14.4. The van der Waals surface area contributed by atoms with E-state index in [1.807, 2.05) is 0 Å². The summed E-state index contributed by atoms with van der Waals surface area (Å²) in [6.45, 7) is 1.74. The molecule has 1 aromatic carbocycles. The second-order valence-corrected chi connectivity index (χ2v) is 5.45. The van der Waals surface area contributed by atoms with Crippen LogP contribution in [-0.4, -0.2) is 21.3 Å². The Hall–Kier alpha value is -1.68. The van der Waals surface area contributed by atoms with Crippen LogP contribution >= 0.6 is 0 Å². The van der Waals surface area contributed by atoms with Gasteiger partial charge >= 0.3 is 0 Å². The molecular weight excluding hydrogens is 264 g/mol. The Bertz CT molecular complexity index is 591. The van der Waals surface area contributed by atoms with Crippen LogP contribution in [0.2, 0.25) is 0 Å². The minimum atomic E-state index is -3.74. The SMILES string of the molecule is CCOc1ccc(S(C)(=O)=O)c(C#N)c1C(F)F. The molecule has 0 radical (unpaired) electrons. The lowest BCUT2D eigenvalue weighted by Gasteiger charge is -2.13. The van der Waals surface area contributed by atoms with E-state index in [0.29, 0.717) is 0 Å². The van der Waals surface area contributed by atoms with E-state index in [4.69, 9.17) is 10.00 Å². The van der Waals surface area contributed by atoms with Crippen molar-refractivity contribution in [2.24, 2.45) is 0 Å². The van der Waals surface area contributed by atoms with Crippen LogP contribution in [0.15, 0.2) is 17.0 Å². The van der Waals surface area contributed by atoms with Gasteiger partial charge in [0.1, 0.15) is 11.8 Å². The van der Waals surface area contributed by atoms with E-state index < -0.39 is 32.3 Å². The highest BCUT2D eigenvalue weighted by Crippen LogP contribution is 2.35. The summed E-state index contributed by atoms with van der Waals surface area (Å²) in [7, 11) is -3.74. The molecule has 0 N–H and O–H groups in total. The van der Waals surface area contributed by atoms with Crippen molar-refractivity contribution in [1.29, 1.82) is 5.26 Å². The van der Waals surface area contributed by atoms with E-state index in [9.17, 15) is 17.2 Å². The van der Waals surface area contributed by atoms with E-state index in [1.54, 1.807) is 6.92 Å². The van der Waals surface area contributed by atoms with Crippen LogP contribution in [0.5, 0.6) is 5.75 Å². The van der Waals surface area contributed by atoms with E-state index >= 15 is 0 Å². The number of benzene rings is 1. The van der Waals surface area contributed by atoms with Gasteiger partial charge in [0.15, 0.2) is 9.84 Å². The molecule has 98 valence electrons. The highest BCUT2D eigenvalue weighted by Gasteiger charge is 2.25. The molecule has 18 heavy (non-hydrogen) atoms. The van der Waals surface area contributed by atoms with Crippen LogP contribution in [0.25, 0.3) is 0 Å². The third-order valence-electron chi connectivity index (χ3n) is 2.20. The molecule has 0 spiro atoms. The minimum absolute atomic E-state index is 0.142. The summed E-state index contributed by atoms with van der Waals surface area (Å²) in [6.07, 6.45) is -2.12. The normalized spacial score (nSPS) is 11.3. The summed E-state index contributed by atoms with van der Waals surface area (Å²) in [5, 5.41) is 8.90. The molecule has 0 aliphatic carbocycles. The van der Waals surface area contributed by atoms with E-state index in [-0.39, 0.29) is 12.4 Å². The lowest BCUT2D eigenvalue weighted by atomic mass is 10.1. The lowest BCUT2D eigenvalue weighted by molar-refractivity contribution is 0.145. The number of sulfone groups is 1. The van der Waals surface area contributed by atoms with Crippen LogP contribution in [0.4, 0.5) is 8.78 Å². The van der Waals surface area contributed by atoms with E-state index in [1.165, 1.54) is 6.07 Å². The zero-order valence-electron chi connectivity index (χ0n) is 9.78. The van der Waals surface area contributed by atoms with Crippen LogP contribution in [-0.2, 0) is 9.84 Å². The number of nitriles is 1. The molecule has 0 heterocycles. The van der Waals surface area contributed by atoms with Crippen molar-refractivity contribution in [1.82, 2.24) is 0 Å². The second kappa shape index (κ2) is 5.31. The van der Waals surface area contributed by atoms with Gasteiger partial charge in [-0.25, -0.2) is 17.2 Å². The average Bonchev–Trinajstić information content (AvgIpc) is 2.26. The monoisotopic (exact) mass is 275 g/mol. The molecule has 0 aliphatic heterocycles. The van der Waals surface area contributed by atoms with Crippen molar-refractivity contribution in [2.45, 2.75) is 18.2 Å². The Kier molecular flexibility index (Phi) is 4.24. The summed E-state index contributed by atoms with van der Waals surface area (Å²) >= 11 is 0. The zero-order valence-corrected chi connectivity index (χ0v) is 10.6. The summed E-state index contributed by atoms with van der Waals surface area (Å²) in [5.74, 6) is -0.170. The maximum absolute atomic E-state index is 12.9. The van der Waals surface area contributed by atoms with Crippen molar-refractivity contribution in [2.75, 3.05) is 12.9 Å². The third-order valence-corrected chi connectivity index (χ3v) is 3.34. The van der Waals surface area contributed by atoms with Crippen molar-refractivity contribution < 1.29 is 21.9 Å². The predicted octanol–water partition coefficient (Wildman–Crippen LogP) is 2.30. The minimum Gasteiger partial charge on any atom is -0.493 e. The molecule has 0 aliphatic rings. The van der Waals surface area contributed by atoms with Gasteiger partial charge in [0.25, 0.3) is 6.43 Å². The highest BCUT2D eigenvalue weighted by molar-refractivity contribution is 7.90. The number of hydrogen-bond acceptors (Lipinski definition) is 4. The molecule has 1 aromatic rings. The quantitative estimate of drug-likeness (QED) is 0.845. The van der Waals surface area contributed by atoms with Gasteiger partial charge in [0.05, 0.1) is 22.6 Å². The van der Waals surface area contributed by atoms with Crippen molar-refractivity contribution in [3.8, 4) is 11.8 Å². The first-order valence-electron chi connectivity index (χ1n) is 5.01. The molecule has 0 saturated carbocycles. The summed E-state index contributed by atoms with van der Waals surface area (Å²) in [4.78, 5) is -0.413. The van der Waals surface area contributed by atoms with Gasteiger partial charge in [-0.05, 0) is 19.1 Å². The van der Waals surface area contributed by atoms with Crippen molar-refractivity contribution >= 4 is 9.84 Å². The molecule has 0 atom stereocenters. The van der Waals surface area contributed by atoms with Crippen LogP contribution < -0.4 is 4.74 Å². The van der Waals surface area contributed by atoms with Crippen molar-refractivity contribution in [3.63, 3.8) is 0 Å². The van der Waals surface area contributed by atoms with Crippen LogP contribution in [0.3, 0.4) is 0 Å². The number of alkyl halides is 2. The number of rotatable bonds is 4. The highest BCUT2D eigenvalue weighted by atomic mass is 32.2. The topological polar surface area (TPSA) is 67.2 Å². The Labute approximate surface area is 104 Å². The standard InChI is InChI=1S/C11H11F2NO3S/c1-3-17-8-4-5-9(18(2,15)16)7(6-14)10(8)11(12)13/h4-5,11H,3H2,1-2H3. The molecule has 1 rings (SSSR count). The predicted molar refractivity (Wildman–Crippen MR) is 60.4 cm³/mol. The van der Waals surface area contributed by atoms with Gasteiger partial charge in [-0.2, -0.15) is 5.26 Å². The number of halogens is 2. The molecule has 0 saturated heterocycles. The van der Waals surface area contributed by atoms with E-state index in [0.717, 1.165) is 18.4 Å². The maximum Gasteiger partial charge on any atom is 0.268 e. The molecule has 0 aromatic heterocycles. The molecule has 0 bridgehead atoms. The molecule has 0 amide bonds. The molecule has 0 fully saturated rings. The smallest absolute Gasteiger partial charge is 0.268 e. The Morgan fingerprint density at radius 1 is 1.44 bits per heavy atom. The third kappa shape index (κ3) is 2.76. The fraction of sp³-hybridized carbons (Fsp3) is 0.364. The zero-order chi connectivity index (χ0) is 13.9. The van der Waals surface area contributed by atoms with Gasteiger partial charge < -0.3 is 4.74 Å².